The number of amides is 2. The van der Waals surface area contributed by atoms with Gasteiger partial charge in [-0.15, -0.1) is 0 Å². The van der Waals surface area contributed by atoms with Crippen molar-refractivity contribution >= 4 is 11.8 Å². The van der Waals surface area contributed by atoms with E-state index in [1.165, 1.54) is 0 Å². The predicted molar refractivity (Wildman–Crippen MR) is 83.2 cm³/mol. The van der Waals surface area contributed by atoms with Crippen LogP contribution in [0.1, 0.15) is 39.5 Å². The maximum absolute atomic E-state index is 12.5. The van der Waals surface area contributed by atoms with E-state index in [2.05, 4.69) is 5.32 Å². The number of likely N-dealkylation sites (tertiary alicyclic amines) is 2. The topological polar surface area (TPSA) is 52.7 Å². The van der Waals surface area contributed by atoms with Gasteiger partial charge in [0.15, 0.2) is 0 Å². The van der Waals surface area contributed by atoms with Crippen molar-refractivity contribution in [3.8, 4) is 0 Å². The fourth-order valence-electron chi connectivity index (χ4n) is 3.64. The van der Waals surface area contributed by atoms with Crippen molar-refractivity contribution in [3.05, 3.63) is 0 Å². The minimum Gasteiger partial charge on any atom is -0.342 e. The highest BCUT2D eigenvalue weighted by Crippen LogP contribution is 2.25. The highest BCUT2D eigenvalue weighted by atomic mass is 19.4. The largest absolute Gasteiger partial charge is 0.406 e. The lowest BCUT2D eigenvalue weighted by atomic mass is 9.89. The number of nitrogens with zero attached hydrogens (tertiary/aromatic N) is 2. The number of carbonyl (C=O) groups excluding carboxylic acids is 2. The second-order valence-corrected chi connectivity index (χ2v) is 6.64. The number of piperidine rings is 1. The molecule has 2 aliphatic heterocycles. The Labute approximate surface area is 140 Å². The van der Waals surface area contributed by atoms with E-state index in [-0.39, 0.29) is 24.4 Å². The van der Waals surface area contributed by atoms with Crippen LogP contribution in [0, 0.1) is 5.92 Å². The number of alkyl halides is 3. The summed E-state index contributed by atoms with van der Waals surface area (Å²) in [5.74, 6) is -0.117. The molecule has 0 spiro atoms. The number of carbonyl (C=O) groups is 2. The predicted octanol–water partition coefficient (Wildman–Crippen LogP) is 1.78. The molecule has 2 aliphatic rings. The average molecular weight is 349 g/mol. The Bertz CT molecular complexity index is 470. The number of hydrogen-bond donors (Lipinski definition) is 1. The third-order valence-corrected chi connectivity index (χ3v) is 5.00. The molecule has 0 aromatic carbocycles. The second-order valence-electron chi connectivity index (χ2n) is 6.64. The van der Waals surface area contributed by atoms with E-state index in [4.69, 9.17) is 0 Å². The SMILES string of the molecule is CCC(=O)N1CCC(NC2CCN(CC(F)(F)F)C2=O)C(CC)C1. The third kappa shape index (κ3) is 4.62. The zero-order valence-electron chi connectivity index (χ0n) is 14.2. The Morgan fingerprint density at radius 3 is 2.54 bits per heavy atom. The van der Waals surface area contributed by atoms with Crippen molar-refractivity contribution in [2.24, 2.45) is 5.92 Å². The zero-order valence-corrected chi connectivity index (χ0v) is 14.2. The molecule has 2 heterocycles. The summed E-state index contributed by atoms with van der Waals surface area (Å²) in [6.07, 6.45) is -1.89. The molecule has 2 saturated heterocycles. The molecule has 0 aromatic rings. The Hall–Kier alpha value is -1.31. The van der Waals surface area contributed by atoms with Gasteiger partial charge in [0, 0.05) is 32.1 Å². The number of nitrogens with one attached hydrogen (secondary N) is 1. The van der Waals surface area contributed by atoms with Gasteiger partial charge in [0.25, 0.3) is 0 Å². The molecule has 0 aliphatic carbocycles. The summed E-state index contributed by atoms with van der Waals surface area (Å²) < 4.78 is 37.5. The quantitative estimate of drug-likeness (QED) is 0.823. The average Bonchev–Trinajstić information content (AvgIpc) is 2.86. The standard InChI is InChI=1S/C16H26F3N3O2/c1-3-11-9-21(14(23)4-2)7-5-12(11)20-13-6-8-22(15(13)24)10-16(17,18)19/h11-13,20H,3-10H2,1-2H3. The van der Waals surface area contributed by atoms with Gasteiger partial charge in [0.2, 0.25) is 11.8 Å². The number of rotatable bonds is 5. The molecule has 3 unspecified atom stereocenters. The summed E-state index contributed by atoms with van der Waals surface area (Å²) in [7, 11) is 0. The molecule has 0 aromatic heterocycles. The Kier molecular flexibility index (Phi) is 6.11. The van der Waals surface area contributed by atoms with Gasteiger partial charge < -0.3 is 15.1 Å². The minimum atomic E-state index is -4.36. The van der Waals surface area contributed by atoms with Crippen LogP contribution in [0.2, 0.25) is 0 Å². The molecule has 0 radical (unpaired) electrons. The summed E-state index contributed by atoms with van der Waals surface area (Å²) in [5, 5.41) is 3.27. The molecule has 3 atom stereocenters. The van der Waals surface area contributed by atoms with Gasteiger partial charge in [0.05, 0.1) is 6.04 Å². The summed E-state index contributed by atoms with van der Waals surface area (Å²) in [4.78, 5) is 26.7. The van der Waals surface area contributed by atoms with Gasteiger partial charge in [-0.3, -0.25) is 9.59 Å². The lowest BCUT2D eigenvalue weighted by Crippen LogP contribution is -2.54. The maximum atomic E-state index is 12.5. The highest BCUT2D eigenvalue weighted by Gasteiger charge is 2.41. The molecule has 0 bridgehead atoms. The van der Waals surface area contributed by atoms with Gasteiger partial charge in [-0.1, -0.05) is 20.3 Å². The van der Waals surface area contributed by atoms with Crippen molar-refractivity contribution in [3.63, 3.8) is 0 Å². The van der Waals surface area contributed by atoms with Gasteiger partial charge in [-0.25, -0.2) is 0 Å². The fourth-order valence-corrected chi connectivity index (χ4v) is 3.64. The molecule has 2 amide bonds. The smallest absolute Gasteiger partial charge is 0.342 e. The van der Waals surface area contributed by atoms with Crippen LogP contribution in [-0.2, 0) is 9.59 Å². The molecule has 138 valence electrons. The van der Waals surface area contributed by atoms with E-state index in [9.17, 15) is 22.8 Å². The van der Waals surface area contributed by atoms with Crippen molar-refractivity contribution in [1.29, 1.82) is 0 Å². The number of hydrogen-bond acceptors (Lipinski definition) is 3. The molecular formula is C16H26F3N3O2. The normalized spacial score (nSPS) is 28.5. The molecular weight excluding hydrogens is 323 g/mol. The van der Waals surface area contributed by atoms with Crippen LogP contribution in [0.25, 0.3) is 0 Å². The Balaban J connectivity index is 1.91. The minimum absolute atomic E-state index is 0.0655. The van der Waals surface area contributed by atoms with E-state index in [0.29, 0.717) is 25.9 Å². The first-order valence-electron chi connectivity index (χ1n) is 8.64. The molecule has 24 heavy (non-hydrogen) atoms. The Morgan fingerprint density at radius 1 is 1.25 bits per heavy atom. The lowest BCUT2D eigenvalue weighted by Gasteiger charge is -2.39. The van der Waals surface area contributed by atoms with Crippen molar-refractivity contribution in [1.82, 2.24) is 15.1 Å². The van der Waals surface area contributed by atoms with E-state index in [1.54, 1.807) is 0 Å². The molecule has 5 nitrogen and oxygen atoms in total. The van der Waals surface area contributed by atoms with Crippen LogP contribution < -0.4 is 5.32 Å². The van der Waals surface area contributed by atoms with E-state index < -0.39 is 24.7 Å². The van der Waals surface area contributed by atoms with Gasteiger partial charge in [-0.05, 0) is 18.8 Å². The lowest BCUT2D eigenvalue weighted by molar-refractivity contribution is -0.158. The summed E-state index contributed by atoms with van der Waals surface area (Å²) in [6, 6.07) is -0.476. The first-order chi connectivity index (χ1) is 11.2. The van der Waals surface area contributed by atoms with Gasteiger partial charge >= 0.3 is 6.18 Å². The molecule has 2 rings (SSSR count). The van der Waals surface area contributed by atoms with E-state index in [1.807, 2.05) is 18.7 Å². The summed E-state index contributed by atoms with van der Waals surface area (Å²) in [6.45, 7) is 4.11. The van der Waals surface area contributed by atoms with Gasteiger partial charge in [0.1, 0.15) is 6.54 Å². The van der Waals surface area contributed by atoms with Crippen molar-refractivity contribution < 1.29 is 22.8 Å². The van der Waals surface area contributed by atoms with Crippen LogP contribution in [0.5, 0.6) is 0 Å². The van der Waals surface area contributed by atoms with Crippen LogP contribution >= 0.6 is 0 Å². The van der Waals surface area contributed by atoms with Crippen molar-refractivity contribution in [2.75, 3.05) is 26.2 Å². The number of halogens is 3. The van der Waals surface area contributed by atoms with Crippen LogP contribution in [0.15, 0.2) is 0 Å². The Morgan fingerprint density at radius 2 is 1.96 bits per heavy atom. The summed E-state index contributed by atoms with van der Waals surface area (Å²) >= 11 is 0. The van der Waals surface area contributed by atoms with Crippen LogP contribution in [0.3, 0.4) is 0 Å². The van der Waals surface area contributed by atoms with E-state index in [0.717, 1.165) is 17.7 Å². The molecule has 2 fully saturated rings. The van der Waals surface area contributed by atoms with E-state index >= 15 is 0 Å². The van der Waals surface area contributed by atoms with Crippen LogP contribution in [0.4, 0.5) is 13.2 Å². The fraction of sp³-hybridized carbons (Fsp3) is 0.875. The summed E-state index contributed by atoms with van der Waals surface area (Å²) in [5.41, 5.74) is 0. The molecule has 1 N–H and O–H groups in total. The first-order valence-corrected chi connectivity index (χ1v) is 8.64. The highest BCUT2D eigenvalue weighted by molar-refractivity contribution is 5.84. The van der Waals surface area contributed by atoms with Crippen LogP contribution in [-0.4, -0.2) is 66.1 Å². The first kappa shape index (κ1) is 19.0. The third-order valence-electron chi connectivity index (χ3n) is 5.00. The monoisotopic (exact) mass is 349 g/mol. The van der Waals surface area contributed by atoms with Gasteiger partial charge in [-0.2, -0.15) is 13.2 Å². The molecule has 8 heteroatoms. The zero-order chi connectivity index (χ0) is 17.9. The maximum Gasteiger partial charge on any atom is 0.406 e. The second kappa shape index (κ2) is 7.72. The van der Waals surface area contributed by atoms with Crippen molar-refractivity contribution in [2.45, 2.75) is 57.8 Å². The molecule has 0 saturated carbocycles.